The quantitative estimate of drug-likeness (QED) is 0.706. The van der Waals surface area contributed by atoms with Crippen LogP contribution in [0.25, 0.3) is 0 Å². The molecule has 0 spiro atoms. The van der Waals surface area contributed by atoms with E-state index in [1.807, 2.05) is 0 Å². The normalized spacial score (nSPS) is 29.8. The Labute approximate surface area is 87.2 Å². The van der Waals surface area contributed by atoms with Crippen LogP contribution in [0.15, 0.2) is 0 Å². The summed E-state index contributed by atoms with van der Waals surface area (Å²) in [4.78, 5) is 2.44. The maximum absolute atomic E-state index is 5.73. The molecule has 0 aliphatic carbocycles. The van der Waals surface area contributed by atoms with Gasteiger partial charge in [0.15, 0.2) is 0 Å². The predicted octanol–water partition coefficient (Wildman–Crippen LogP) is 0.426. The molecule has 1 aliphatic rings. The van der Waals surface area contributed by atoms with Crippen molar-refractivity contribution in [3.8, 4) is 0 Å². The van der Waals surface area contributed by atoms with E-state index in [1.54, 1.807) is 0 Å². The Kier molecular flexibility index (Phi) is 6.68. The average Bonchev–Trinajstić information content (AvgIpc) is 2.05. The van der Waals surface area contributed by atoms with Crippen LogP contribution in [-0.4, -0.2) is 37.1 Å². The van der Waals surface area contributed by atoms with E-state index >= 15 is 0 Å². The summed E-state index contributed by atoms with van der Waals surface area (Å²) in [6.45, 7) is 6.01. The lowest BCUT2D eigenvalue weighted by atomic mass is 9.91. The molecule has 0 aromatic rings. The minimum Gasteiger partial charge on any atom is -0.329 e. The van der Waals surface area contributed by atoms with E-state index in [-0.39, 0.29) is 12.4 Å². The molecule has 0 aromatic carbocycles. The summed E-state index contributed by atoms with van der Waals surface area (Å²) in [6, 6.07) is 0.572. The summed E-state index contributed by atoms with van der Waals surface area (Å²) < 4.78 is 0. The Bertz CT molecular complexity index is 130. The zero-order valence-corrected chi connectivity index (χ0v) is 9.22. The highest BCUT2D eigenvalue weighted by Crippen LogP contribution is 2.21. The number of piperidine rings is 1. The second-order valence-electron chi connectivity index (χ2n) is 3.75. The molecule has 1 saturated heterocycles. The Hall–Kier alpha value is 0.170. The highest BCUT2D eigenvalue weighted by atomic mass is 35.5. The topological polar surface area (TPSA) is 55.3 Å². The molecule has 0 saturated carbocycles. The van der Waals surface area contributed by atoms with Crippen molar-refractivity contribution in [1.82, 2.24) is 4.90 Å². The summed E-state index contributed by atoms with van der Waals surface area (Å²) in [5, 5.41) is 0. The van der Waals surface area contributed by atoms with Crippen molar-refractivity contribution < 1.29 is 0 Å². The van der Waals surface area contributed by atoms with Gasteiger partial charge < -0.3 is 11.5 Å². The third kappa shape index (κ3) is 3.43. The lowest BCUT2D eigenvalue weighted by Crippen LogP contribution is -2.50. The van der Waals surface area contributed by atoms with Crippen LogP contribution >= 0.6 is 12.4 Å². The van der Waals surface area contributed by atoms with Crippen LogP contribution in [0.5, 0.6) is 0 Å². The molecule has 0 bridgehead atoms. The van der Waals surface area contributed by atoms with Crippen LogP contribution < -0.4 is 11.5 Å². The van der Waals surface area contributed by atoms with Gasteiger partial charge in [-0.25, -0.2) is 0 Å². The number of likely N-dealkylation sites (tertiary alicyclic amines) is 1. The first-order valence-electron chi connectivity index (χ1n) is 4.93. The highest BCUT2D eigenvalue weighted by molar-refractivity contribution is 5.85. The van der Waals surface area contributed by atoms with Crippen molar-refractivity contribution >= 4 is 12.4 Å². The molecule has 3 nitrogen and oxygen atoms in total. The first-order valence-corrected chi connectivity index (χ1v) is 4.93. The van der Waals surface area contributed by atoms with E-state index in [2.05, 4.69) is 11.8 Å². The van der Waals surface area contributed by atoms with Gasteiger partial charge in [0.1, 0.15) is 0 Å². The first-order chi connectivity index (χ1) is 5.79. The van der Waals surface area contributed by atoms with Crippen LogP contribution in [0.4, 0.5) is 0 Å². The SMILES string of the molecule is CC1CCCN(CCN)C1CN.Cl. The minimum absolute atomic E-state index is 0. The fraction of sp³-hybridized carbons (Fsp3) is 1.00. The maximum atomic E-state index is 5.73. The largest absolute Gasteiger partial charge is 0.329 e. The van der Waals surface area contributed by atoms with Gasteiger partial charge in [0, 0.05) is 25.7 Å². The Balaban J connectivity index is 0.00000144. The average molecular weight is 208 g/mol. The molecule has 1 fully saturated rings. The Morgan fingerprint density at radius 1 is 1.38 bits per heavy atom. The van der Waals surface area contributed by atoms with Crippen LogP contribution in [-0.2, 0) is 0 Å². The van der Waals surface area contributed by atoms with Crippen molar-refractivity contribution in [3.05, 3.63) is 0 Å². The van der Waals surface area contributed by atoms with Gasteiger partial charge in [-0.3, -0.25) is 4.90 Å². The first kappa shape index (κ1) is 13.2. The molecule has 13 heavy (non-hydrogen) atoms. The lowest BCUT2D eigenvalue weighted by Gasteiger charge is -2.39. The standard InChI is InChI=1S/C9H21N3.ClH/c1-8-3-2-5-12(6-4-10)9(8)7-11;/h8-9H,2-7,10-11H2,1H3;1H. The molecule has 4 N–H and O–H groups in total. The molecule has 0 aromatic heterocycles. The van der Waals surface area contributed by atoms with E-state index < -0.39 is 0 Å². The van der Waals surface area contributed by atoms with Gasteiger partial charge in [-0.15, -0.1) is 12.4 Å². The second-order valence-corrected chi connectivity index (χ2v) is 3.75. The molecule has 0 amide bonds. The summed E-state index contributed by atoms with van der Waals surface area (Å²) in [5.41, 5.74) is 11.3. The molecule has 2 atom stereocenters. The number of nitrogens with two attached hydrogens (primary N) is 2. The zero-order chi connectivity index (χ0) is 8.97. The van der Waals surface area contributed by atoms with E-state index in [4.69, 9.17) is 11.5 Å². The molecular weight excluding hydrogens is 186 g/mol. The van der Waals surface area contributed by atoms with E-state index in [1.165, 1.54) is 19.4 Å². The number of halogens is 1. The van der Waals surface area contributed by atoms with Crippen molar-refractivity contribution in [1.29, 1.82) is 0 Å². The summed E-state index contributed by atoms with van der Waals surface area (Å²) in [6.07, 6.45) is 2.63. The minimum atomic E-state index is 0. The molecule has 1 rings (SSSR count). The van der Waals surface area contributed by atoms with Gasteiger partial charge in [0.2, 0.25) is 0 Å². The van der Waals surface area contributed by atoms with Crippen molar-refractivity contribution in [2.24, 2.45) is 17.4 Å². The second kappa shape index (κ2) is 6.60. The zero-order valence-electron chi connectivity index (χ0n) is 8.41. The summed E-state index contributed by atoms with van der Waals surface area (Å²) in [5.74, 6) is 0.746. The molecular formula is C9H22ClN3. The smallest absolute Gasteiger partial charge is 0.0244 e. The van der Waals surface area contributed by atoms with Crippen molar-refractivity contribution in [3.63, 3.8) is 0 Å². The molecule has 0 radical (unpaired) electrons. The highest BCUT2D eigenvalue weighted by Gasteiger charge is 2.26. The van der Waals surface area contributed by atoms with Crippen LogP contribution in [0.2, 0.25) is 0 Å². The van der Waals surface area contributed by atoms with Gasteiger partial charge in [0.05, 0.1) is 0 Å². The number of hydrogen-bond acceptors (Lipinski definition) is 3. The number of rotatable bonds is 3. The Morgan fingerprint density at radius 2 is 2.08 bits per heavy atom. The van der Waals surface area contributed by atoms with Gasteiger partial charge in [-0.2, -0.15) is 0 Å². The van der Waals surface area contributed by atoms with Crippen LogP contribution in [0.3, 0.4) is 0 Å². The van der Waals surface area contributed by atoms with Gasteiger partial charge in [0.25, 0.3) is 0 Å². The Morgan fingerprint density at radius 3 is 2.62 bits per heavy atom. The lowest BCUT2D eigenvalue weighted by molar-refractivity contribution is 0.110. The van der Waals surface area contributed by atoms with Gasteiger partial charge in [-0.1, -0.05) is 6.92 Å². The van der Waals surface area contributed by atoms with Crippen LogP contribution in [0, 0.1) is 5.92 Å². The molecule has 4 heteroatoms. The monoisotopic (exact) mass is 207 g/mol. The van der Waals surface area contributed by atoms with Crippen molar-refractivity contribution in [2.75, 3.05) is 26.2 Å². The van der Waals surface area contributed by atoms with Gasteiger partial charge >= 0.3 is 0 Å². The van der Waals surface area contributed by atoms with Gasteiger partial charge in [-0.05, 0) is 25.3 Å². The van der Waals surface area contributed by atoms with Crippen molar-refractivity contribution in [2.45, 2.75) is 25.8 Å². The maximum Gasteiger partial charge on any atom is 0.0244 e. The molecule has 1 aliphatic heterocycles. The third-order valence-corrected chi connectivity index (χ3v) is 2.89. The fourth-order valence-corrected chi connectivity index (χ4v) is 2.16. The number of nitrogens with zero attached hydrogens (tertiary/aromatic N) is 1. The molecule has 80 valence electrons. The molecule has 2 unspecified atom stereocenters. The predicted molar refractivity (Wildman–Crippen MR) is 59.1 cm³/mol. The molecule has 1 heterocycles. The third-order valence-electron chi connectivity index (χ3n) is 2.89. The fourth-order valence-electron chi connectivity index (χ4n) is 2.16. The van der Waals surface area contributed by atoms with E-state index in [9.17, 15) is 0 Å². The number of hydrogen-bond donors (Lipinski definition) is 2. The van der Waals surface area contributed by atoms with E-state index in [0.717, 1.165) is 25.6 Å². The summed E-state index contributed by atoms with van der Waals surface area (Å²) in [7, 11) is 0. The summed E-state index contributed by atoms with van der Waals surface area (Å²) >= 11 is 0. The van der Waals surface area contributed by atoms with Crippen LogP contribution in [0.1, 0.15) is 19.8 Å². The van der Waals surface area contributed by atoms with E-state index in [0.29, 0.717) is 6.04 Å².